The summed E-state index contributed by atoms with van der Waals surface area (Å²) in [4.78, 5) is 15.4. The molecule has 0 aliphatic heterocycles. The first-order valence-corrected chi connectivity index (χ1v) is 5.27. The van der Waals surface area contributed by atoms with Crippen LogP contribution < -0.4 is 10.1 Å². The molecular formula is C12H9ClN2O2. The average Bonchev–Trinajstić information content (AvgIpc) is 2.33. The molecule has 0 bridgehead atoms. The summed E-state index contributed by atoms with van der Waals surface area (Å²) in [5.74, 6) is 0.463. The third-order valence-electron chi connectivity index (χ3n) is 1.96. The molecule has 0 saturated heterocycles. The van der Waals surface area contributed by atoms with E-state index in [2.05, 4.69) is 10.3 Å². The molecule has 0 atom stereocenters. The number of amides is 1. The van der Waals surface area contributed by atoms with E-state index in [-0.39, 0.29) is 0 Å². The van der Waals surface area contributed by atoms with Gasteiger partial charge in [-0.3, -0.25) is 10.3 Å². The number of halogens is 1. The van der Waals surface area contributed by atoms with E-state index in [1.165, 1.54) is 12.4 Å². The minimum absolute atomic E-state index is 0.407. The van der Waals surface area contributed by atoms with Gasteiger partial charge in [0.25, 0.3) is 0 Å². The molecule has 0 fully saturated rings. The number of anilines is 1. The Bertz CT molecular complexity index is 517. The first-order chi connectivity index (χ1) is 8.25. The fraction of sp³-hybridized carbons (Fsp3) is 0. The number of nitrogens with one attached hydrogen (secondary N) is 1. The van der Waals surface area contributed by atoms with Crippen molar-refractivity contribution in [1.29, 1.82) is 0 Å². The lowest BCUT2D eigenvalue weighted by molar-refractivity contribution is 0.215. The van der Waals surface area contributed by atoms with Gasteiger partial charge < -0.3 is 4.74 Å². The number of carbonyl (C=O) groups excluding carboxylic acids is 1. The molecule has 1 N–H and O–H groups in total. The standard InChI is InChI=1S/C12H9ClN2O2/c13-10-6-7-14-8-11(10)15-12(16)17-9-4-2-1-3-5-9/h1-8H,(H,15,16). The van der Waals surface area contributed by atoms with Crippen LogP contribution in [-0.4, -0.2) is 11.1 Å². The van der Waals surface area contributed by atoms with E-state index in [1.807, 2.05) is 6.07 Å². The molecule has 2 rings (SSSR count). The number of nitrogens with zero attached hydrogens (tertiary/aromatic N) is 1. The van der Waals surface area contributed by atoms with Gasteiger partial charge in [0, 0.05) is 6.20 Å². The molecule has 0 aliphatic carbocycles. The smallest absolute Gasteiger partial charge is 0.410 e. The Kier molecular flexibility index (Phi) is 3.57. The lowest BCUT2D eigenvalue weighted by atomic mass is 10.3. The van der Waals surface area contributed by atoms with Crippen LogP contribution in [0.25, 0.3) is 0 Å². The second kappa shape index (κ2) is 5.32. The molecule has 17 heavy (non-hydrogen) atoms. The second-order valence-electron chi connectivity index (χ2n) is 3.18. The van der Waals surface area contributed by atoms with Gasteiger partial charge in [-0.1, -0.05) is 29.8 Å². The van der Waals surface area contributed by atoms with Gasteiger partial charge in [0.05, 0.1) is 16.9 Å². The van der Waals surface area contributed by atoms with E-state index >= 15 is 0 Å². The molecule has 0 aliphatic rings. The summed E-state index contributed by atoms with van der Waals surface area (Å²) >= 11 is 5.86. The highest BCUT2D eigenvalue weighted by molar-refractivity contribution is 6.33. The van der Waals surface area contributed by atoms with Crippen LogP contribution in [0.2, 0.25) is 5.02 Å². The van der Waals surface area contributed by atoms with Crippen molar-refractivity contribution in [2.24, 2.45) is 0 Å². The first-order valence-electron chi connectivity index (χ1n) is 4.89. The van der Waals surface area contributed by atoms with Crippen molar-refractivity contribution >= 4 is 23.4 Å². The average molecular weight is 249 g/mol. The maximum Gasteiger partial charge on any atom is 0.417 e. The van der Waals surface area contributed by atoms with Crippen molar-refractivity contribution in [2.75, 3.05) is 5.32 Å². The number of para-hydroxylation sites is 1. The van der Waals surface area contributed by atoms with E-state index in [4.69, 9.17) is 16.3 Å². The number of aromatic nitrogens is 1. The normalized spacial score (nSPS) is 9.71. The molecular weight excluding hydrogens is 240 g/mol. The Morgan fingerprint density at radius 2 is 2.00 bits per heavy atom. The third-order valence-corrected chi connectivity index (χ3v) is 2.29. The maximum atomic E-state index is 11.5. The van der Waals surface area contributed by atoms with Gasteiger partial charge in [0.2, 0.25) is 0 Å². The molecule has 86 valence electrons. The topological polar surface area (TPSA) is 51.2 Å². The van der Waals surface area contributed by atoms with Gasteiger partial charge in [-0.05, 0) is 18.2 Å². The molecule has 1 amide bonds. The van der Waals surface area contributed by atoms with Crippen LogP contribution in [0.4, 0.5) is 10.5 Å². The molecule has 0 spiro atoms. The highest BCUT2D eigenvalue weighted by Crippen LogP contribution is 2.19. The molecule has 0 radical (unpaired) electrons. The van der Waals surface area contributed by atoms with Gasteiger partial charge >= 0.3 is 6.09 Å². The number of ether oxygens (including phenoxy) is 1. The molecule has 5 heteroatoms. The van der Waals surface area contributed by atoms with Crippen molar-refractivity contribution < 1.29 is 9.53 Å². The second-order valence-corrected chi connectivity index (χ2v) is 3.59. The summed E-state index contributed by atoms with van der Waals surface area (Å²) in [6.07, 6.45) is 2.39. The third kappa shape index (κ3) is 3.19. The van der Waals surface area contributed by atoms with Gasteiger partial charge in [-0.2, -0.15) is 0 Å². The number of hydrogen-bond acceptors (Lipinski definition) is 3. The van der Waals surface area contributed by atoms with E-state index in [9.17, 15) is 4.79 Å². The van der Waals surface area contributed by atoms with E-state index < -0.39 is 6.09 Å². The zero-order valence-electron chi connectivity index (χ0n) is 8.76. The van der Waals surface area contributed by atoms with Crippen molar-refractivity contribution in [3.63, 3.8) is 0 Å². The lowest BCUT2D eigenvalue weighted by Gasteiger charge is -2.06. The quantitative estimate of drug-likeness (QED) is 0.887. The Hall–Kier alpha value is -2.07. The summed E-state index contributed by atoms with van der Waals surface area (Å²) in [5, 5.41) is 2.91. The minimum Gasteiger partial charge on any atom is -0.410 e. The number of pyridine rings is 1. The van der Waals surface area contributed by atoms with Crippen LogP contribution in [-0.2, 0) is 0 Å². The molecule has 1 aromatic carbocycles. The summed E-state index contributed by atoms with van der Waals surface area (Å²) < 4.78 is 5.04. The fourth-order valence-corrected chi connectivity index (χ4v) is 1.35. The van der Waals surface area contributed by atoms with Crippen LogP contribution >= 0.6 is 11.6 Å². The fourth-order valence-electron chi connectivity index (χ4n) is 1.20. The van der Waals surface area contributed by atoms with E-state index in [0.717, 1.165) is 0 Å². The molecule has 1 aromatic heterocycles. The van der Waals surface area contributed by atoms with Gasteiger partial charge in [0.15, 0.2) is 0 Å². The lowest BCUT2D eigenvalue weighted by Crippen LogP contribution is -2.17. The van der Waals surface area contributed by atoms with E-state index in [1.54, 1.807) is 30.3 Å². The number of rotatable bonds is 2. The van der Waals surface area contributed by atoms with Crippen molar-refractivity contribution in [3.05, 3.63) is 53.8 Å². The summed E-state index contributed by atoms with van der Waals surface area (Å²) in [6, 6.07) is 10.3. The molecule has 0 saturated carbocycles. The molecule has 1 heterocycles. The molecule has 2 aromatic rings. The van der Waals surface area contributed by atoms with Gasteiger partial charge in [-0.25, -0.2) is 4.79 Å². The van der Waals surface area contributed by atoms with Crippen molar-refractivity contribution in [3.8, 4) is 5.75 Å². The molecule has 4 nitrogen and oxygen atoms in total. The van der Waals surface area contributed by atoms with Crippen LogP contribution in [0.5, 0.6) is 5.75 Å². The Balaban J connectivity index is 2.01. The Morgan fingerprint density at radius 3 is 2.71 bits per heavy atom. The van der Waals surface area contributed by atoms with E-state index in [0.29, 0.717) is 16.5 Å². The zero-order valence-corrected chi connectivity index (χ0v) is 9.52. The highest BCUT2D eigenvalue weighted by Gasteiger charge is 2.07. The summed E-state index contributed by atoms with van der Waals surface area (Å²) in [5.41, 5.74) is 0.412. The largest absolute Gasteiger partial charge is 0.417 e. The Labute approximate surface area is 103 Å². The van der Waals surface area contributed by atoms with Crippen LogP contribution in [0.3, 0.4) is 0 Å². The van der Waals surface area contributed by atoms with Crippen molar-refractivity contribution in [2.45, 2.75) is 0 Å². The zero-order chi connectivity index (χ0) is 12.1. The molecule has 0 unspecified atom stereocenters. The summed E-state index contributed by atoms with van der Waals surface area (Å²) in [7, 11) is 0. The maximum absolute atomic E-state index is 11.5. The predicted molar refractivity (Wildman–Crippen MR) is 65.3 cm³/mol. The van der Waals surface area contributed by atoms with Gasteiger partial charge in [0.1, 0.15) is 5.75 Å². The number of carbonyl (C=O) groups is 1. The van der Waals surface area contributed by atoms with Gasteiger partial charge in [-0.15, -0.1) is 0 Å². The highest BCUT2D eigenvalue weighted by atomic mass is 35.5. The predicted octanol–water partition coefficient (Wildman–Crippen LogP) is 3.35. The SMILES string of the molecule is O=C(Nc1cnccc1Cl)Oc1ccccc1. The van der Waals surface area contributed by atoms with Crippen molar-refractivity contribution in [1.82, 2.24) is 4.98 Å². The van der Waals surface area contributed by atoms with Crippen LogP contribution in [0.1, 0.15) is 0 Å². The van der Waals surface area contributed by atoms with Crippen LogP contribution in [0, 0.1) is 0 Å². The van der Waals surface area contributed by atoms with Crippen LogP contribution in [0.15, 0.2) is 48.8 Å². The summed E-state index contributed by atoms with van der Waals surface area (Å²) in [6.45, 7) is 0. The monoisotopic (exact) mass is 248 g/mol. The number of benzene rings is 1. The number of hydrogen-bond donors (Lipinski definition) is 1. The first kappa shape index (κ1) is 11.4. The minimum atomic E-state index is -0.605. The Morgan fingerprint density at radius 1 is 1.24 bits per heavy atom.